The van der Waals surface area contributed by atoms with Crippen LogP contribution >= 0.6 is 11.3 Å². The van der Waals surface area contributed by atoms with Gasteiger partial charge in [0.2, 0.25) is 11.8 Å². The topological polar surface area (TPSA) is 65.8 Å². The summed E-state index contributed by atoms with van der Waals surface area (Å²) in [5, 5.41) is 5.01. The maximum absolute atomic E-state index is 12.8. The van der Waals surface area contributed by atoms with Crippen molar-refractivity contribution < 1.29 is 14.0 Å². The fourth-order valence-electron chi connectivity index (χ4n) is 3.77. The van der Waals surface area contributed by atoms with E-state index in [1.807, 2.05) is 6.07 Å². The lowest BCUT2D eigenvalue weighted by molar-refractivity contribution is -0.139. The van der Waals surface area contributed by atoms with Gasteiger partial charge < -0.3 is 14.6 Å². The maximum atomic E-state index is 12.8. The molecule has 1 saturated heterocycles. The number of carbonyl (C=O) groups is 2. The molecule has 2 aliphatic rings. The van der Waals surface area contributed by atoms with Crippen molar-refractivity contribution in [2.24, 2.45) is 0 Å². The summed E-state index contributed by atoms with van der Waals surface area (Å²) in [6.45, 7) is 3.14. The standard InChI is InChI=1S/C19H23N3O3S/c23-18(13-21-8-5-17-14(12-21)6-10-26-17)22-7-1-4-16(22)19(24)20-11-15-3-2-9-25-15/h2-3,6,9-10,16H,1,4-5,7-8,11-13H2,(H,20,24)/t16-/m1/s1. The van der Waals surface area contributed by atoms with Gasteiger partial charge in [0.05, 0.1) is 19.4 Å². The molecule has 7 heteroatoms. The quantitative estimate of drug-likeness (QED) is 0.871. The summed E-state index contributed by atoms with van der Waals surface area (Å²) in [5.74, 6) is 0.680. The zero-order chi connectivity index (χ0) is 17.9. The summed E-state index contributed by atoms with van der Waals surface area (Å²) in [6, 6.07) is 5.41. The fourth-order valence-corrected chi connectivity index (χ4v) is 4.66. The van der Waals surface area contributed by atoms with Crippen LogP contribution in [-0.4, -0.2) is 47.3 Å². The third-order valence-corrected chi connectivity index (χ3v) is 6.16. The lowest BCUT2D eigenvalue weighted by Crippen LogP contribution is -2.49. The Morgan fingerprint density at radius 1 is 1.31 bits per heavy atom. The number of thiophene rings is 1. The maximum Gasteiger partial charge on any atom is 0.243 e. The summed E-state index contributed by atoms with van der Waals surface area (Å²) in [4.78, 5) is 30.7. The number of nitrogens with one attached hydrogen (secondary N) is 1. The fraction of sp³-hybridized carbons (Fsp3) is 0.474. The smallest absolute Gasteiger partial charge is 0.243 e. The number of rotatable bonds is 5. The zero-order valence-electron chi connectivity index (χ0n) is 14.6. The summed E-state index contributed by atoms with van der Waals surface area (Å²) >= 11 is 1.80. The molecular formula is C19H23N3O3S. The van der Waals surface area contributed by atoms with Crippen LogP contribution in [0.5, 0.6) is 0 Å². The van der Waals surface area contributed by atoms with E-state index in [1.54, 1.807) is 28.6 Å². The van der Waals surface area contributed by atoms with Crippen molar-refractivity contribution in [3.05, 3.63) is 46.0 Å². The molecule has 1 N–H and O–H groups in total. The Kier molecular flexibility index (Phi) is 5.08. The third-order valence-electron chi connectivity index (χ3n) is 5.14. The molecule has 0 saturated carbocycles. The SMILES string of the molecule is O=C(NCc1ccco1)[C@H]1CCCN1C(=O)CN1CCc2sccc2C1. The molecule has 6 nitrogen and oxygen atoms in total. The number of nitrogens with zero attached hydrogens (tertiary/aromatic N) is 2. The summed E-state index contributed by atoms with van der Waals surface area (Å²) in [7, 11) is 0. The highest BCUT2D eigenvalue weighted by Gasteiger charge is 2.34. The van der Waals surface area contributed by atoms with E-state index in [0.717, 1.165) is 32.4 Å². The number of hydrogen-bond acceptors (Lipinski definition) is 5. The molecule has 138 valence electrons. The lowest BCUT2D eigenvalue weighted by Gasteiger charge is -2.30. The normalized spacial score (nSPS) is 20.2. The molecule has 1 atom stereocenters. The van der Waals surface area contributed by atoms with E-state index in [4.69, 9.17) is 4.42 Å². The minimum atomic E-state index is -0.362. The first-order chi connectivity index (χ1) is 12.7. The first-order valence-electron chi connectivity index (χ1n) is 9.08. The van der Waals surface area contributed by atoms with Gasteiger partial charge in [0.1, 0.15) is 11.8 Å². The molecule has 2 aromatic rings. The number of furan rings is 1. The Morgan fingerprint density at radius 2 is 2.23 bits per heavy atom. The number of carbonyl (C=O) groups excluding carboxylic acids is 2. The molecule has 0 spiro atoms. The second-order valence-corrected chi connectivity index (χ2v) is 7.87. The van der Waals surface area contributed by atoms with Gasteiger partial charge >= 0.3 is 0 Å². The molecule has 0 radical (unpaired) electrons. The van der Waals surface area contributed by atoms with E-state index in [2.05, 4.69) is 21.7 Å². The van der Waals surface area contributed by atoms with Crippen LogP contribution in [0.15, 0.2) is 34.3 Å². The van der Waals surface area contributed by atoms with E-state index in [9.17, 15) is 9.59 Å². The zero-order valence-corrected chi connectivity index (χ0v) is 15.5. The first-order valence-corrected chi connectivity index (χ1v) is 9.96. The van der Waals surface area contributed by atoms with Gasteiger partial charge in [-0.05, 0) is 48.4 Å². The Bertz CT molecular complexity index is 771. The molecule has 26 heavy (non-hydrogen) atoms. The molecule has 0 aliphatic carbocycles. The molecule has 2 aliphatic heterocycles. The predicted molar refractivity (Wildman–Crippen MR) is 98.6 cm³/mol. The molecule has 2 amide bonds. The van der Waals surface area contributed by atoms with E-state index in [0.29, 0.717) is 25.4 Å². The highest BCUT2D eigenvalue weighted by molar-refractivity contribution is 7.10. The van der Waals surface area contributed by atoms with Crippen LogP contribution in [0.3, 0.4) is 0 Å². The average Bonchev–Trinajstić information content (AvgIpc) is 3.40. The Balaban J connectivity index is 1.32. The minimum absolute atomic E-state index is 0.0549. The van der Waals surface area contributed by atoms with Gasteiger partial charge in [0.25, 0.3) is 0 Å². The largest absolute Gasteiger partial charge is 0.467 e. The van der Waals surface area contributed by atoms with Crippen LogP contribution in [0.25, 0.3) is 0 Å². The van der Waals surface area contributed by atoms with Gasteiger partial charge in [-0.1, -0.05) is 0 Å². The highest BCUT2D eigenvalue weighted by atomic mass is 32.1. The second-order valence-electron chi connectivity index (χ2n) is 6.87. The van der Waals surface area contributed by atoms with Crippen molar-refractivity contribution >= 4 is 23.2 Å². The van der Waals surface area contributed by atoms with Gasteiger partial charge in [-0.2, -0.15) is 0 Å². The van der Waals surface area contributed by atoms with Crippen molar-refractivity contribution in [1.29, 1.82) is 0 Å². The summed E-state index contributed by atoms with van der Waals surface area (Å²) < 4.78 is 5.24. The van der Waals surface area contributed by atoms with Crippen LogP contribution in [0.2, 0.25) is 0 Å². The Morgan fingerprint density at radius 3 is 3.08 bits per heavy atom. The van der Waals surface area contributed by atoms with Crippen LogP contribution < -0.4 is 5.32 Å². The molecule has 4 heterocycles. The van der Waals surface area contributed by atoms with Gasteiger partial charge in [0, 0.05) is 24.5 Å². The van der Waals surface area contributed by atoms with E-state index in [-0.39, 0.29) is 17.9 Å². The van der Waals surface area contributed by atoms with Crippen LogP contribution in [0.4, 0.5) is 0 Å². The number of hydrogen-bond donors (Lipinski definition) is 1. The first kappa shape index (κ1) is 17.3. The van der Waals surface area contributed by atoms with Crippen molar-refractivity contribution in [2.75, 3.05) is 19.6 Å². The molecule has 0 aromatic carbocycles. The second kappa shape index (κ2) is 7.63. The van der Waals surface area contributed by atoms with Gasteiger partial charge in [-0.15, -0.1) is 11.3 Å². The number of likely N-dealkylation sites (tertiary alicyclic amines) is 1. The number of fused-ring (bicyclic) bond motifs is 1. The Hall–Kier alpha value is -2.12. The van der Waals surface area contributed by atoms with Crippen LogP contribution in [-0.2, 0) is 29.1 Å². The van der Waals surface area contributed by atoms with E-state index < -0.39 is 0 Å². The molecule has 1 fully saturated rings. The van der Waals surface area contributed by atoms with Crippen molar-refractivity contribution in [3.8, 4) is 0 Å². The van der Waals surface area contributed by atoms with Crippen molar-refractivity contribution in [2.45, 2.75) is 38.4 Å². The van der Waals surface area contributed by atoms with Crippen molar-refractivity contribution in [1.82, 2.24) is 15.1 Å². The number of amides is 2. The molecule has 4 rings (SSSR count). The van der Waals surface area contributed by atoms with Gasteiger partial charge in [-0.25, -0.2) is 0 Å². The van der Waals surface area contributed by atoms with Gasteiger partial charge in [0.15, 0.2) is 0 Å². The van der Waals surface area contributed by atoms with E-state index in [1.165, 1.54) is 10.4 Å². The molecular weight excluding hydrogens is 350 g/mol. The lowest BCUT2D eigenvalue weighted by atomic mass is 10.1. The molecule has 0 unspecified atom stereocenters. The molecule has 0 bridgehead atoms. The van der Waals surface area contributed by atoms with E-state index >= 15 is 0 Å². The Labute approximate surface area is 156 Å². The van der Waals surface area contributed by atoms with Crippen LogP contribution in [0, 0.1) is 0 Å². The monoisotopic (exact) mass is 373 g/mol. The van der Waals surface area contributed by atoms with Gasteiger partial charge in [-0.3, -0.25) is 14.5 Å². The minimum Gasteiger partial charge on any atom is -0.467 e. The predicted octanol–water partition coefficient (Wildman–Crippen LogP) is 2.01. The third kappa shape index (κ3) is 3.68. The molecule has 2 aromatic heterocycles. The summed E-state index contributed by atoms with van der Waals surface area (Å²) in [5.41, 5.74) is 1.34. The average molecular weight is 373 g/mol. The van der Waals surface area contributed by atoms with Crippen molar-refractivity contribution in [3.63, 3.8) is 0 Å². The summed E-state index contributed by atoms with van der Waals surface area (Å²) in [6.07, 6.45) is 4.20. The highest BCUT2D eigenvalue weighted by Crippen LogP contribution is 2.24. The van der Waals surface area contributed by atoms with Crippen LogP contribution in [0.1, 0.15) is 29.0 Å².